The summed E-state index contributed by atoms with van der Waals surface area (Å²) in [5, 5.41) is 3.21. The molecule has 1 heterocycles. The molecular weight excluding hydrogens is 172 g/mol. The number of aliphatic imine (C=N–C) groups is 1. The van der Waals surface area contributed by atoms with E-state index in [0.717, 1.165) is 18.7 Å². The van der Waals surface area contributed by atoms with Gasteiger partial charge in [-0.2, -0.15) is 0 Å². The molecule has 0 aromatic heterocycles. The third-order valence-corrected chi connectivity index (χ3v) is 2.21. The monoisotopic (exact) mass is 186 g/mol. The van der Waals surface area contributed by atoms with E-state index < -0.39 is 0 Å². The molecule has 0 fully saturated rings. The Bertz CT molecular complexity index is 339. The molecule has 72 valence electrons. The Hall–Kier alpha value is -1.57. The van der Waals surface area contributed by atoms with Crippen molar-refractivity contribution in [1.29, 1.82) is 0 Å². The molecule has 2 nitrogen and oxygen atoms in total. The summed E-state index contributed by atoms with van der Waals surface area (Å²) in [5.41, 5.74) is 2.32. The number of hydrogen-bond donors (Lipinski definition) is 1. The summed E-state index contributed by atoms with van der Waals surface area (Å²) >= 11 is 0. The molecular formula is C12H14N2. The van der Waals surface area contributed by atoms with Crippen LogP contribution in [0, 0.1) is 0 Å². The van der Waals surface area contributed by atoms with E-state index in [1.807, 2.05) is 36.5 Å². The number of allylic oxidation sites excluding steroid dienone is 1. The van der Waals surface area contributed by atoms with Crippen molar-refractivity contribution in [1.82, 2.24) is 0 Å². The lowest BCUT2D eigenvalue weighted by atomic mass is 10.2. The van der Waals surface area contributed by atoms with Crippen LogP contribution in [0.15, 0.2) is 47.6 Å². The minimum Gasteiger partial charge on any atom is -0.362 e. The van der Waals surface area contributed by atoms with Gasteiger partial charge in [-0.15, -0.1) is 0 Å². The Balaban J connectivity index is 1.88. The Kier molecular flexibility index (Phi) is 2.96. The lowest BCUT2D eigenvalue weighted by molar-refractivity contribution is 0.951. The fourth-order valence-corrected chi connectivity index (χ4v) is 1.47. The van der Waals surface area contributed by atoms with Crippen molar-refractivity contribution < 1.29 is 0 Å². The van der Waals surface area contributed by atoms with Crippen molar-refractivity contribution in [2.45, 2.75) is 12.8 Å². The van der Waals surface area contributed by atoms with E-state index in [9.17, 15) is 0 Å². The van der Waals surface area contributed by atoms with Crippen LogP contribution in [0.1, 0.15) is 12.8 Å². The number of para-hydroxylation sites is 1. The highest BCUT2D eigenvalue weighted by Crippen LogP contribution is 2.07. The van der Waals surface area contributed by atoms with Gasteiger partial charge in [-0.25, -0.2) is 0 Å². The van der Waals surface area contributed by atoms with Gasteiger partial charge in [-0.3, -0.25) is 4.99 Å². The number of nitrogens with one attached hydrogen (secondary N) is 1. The molecule has 14 heavy (non-hydrogen) atoms. The SMILES string of the molecule is C(=C\C1=NCCC1)/Nc1ccccc1. The van der Waals surface area contributed by atoms with Gasteiger partial charge in [0, 0.05) is 24.1 Å². The number of anilines is 1. The summed E-state index contributed by atoms with van der Waals surface area (Å²) in [4.78, 5) is 4.36. The molecule has 0 unspecified atom stereocenters. The minimum atomic E-state index is 0.991. The maximum Gasteiger partial charge on any atom is 0.0396 e. The Morgan fingerprint density at radius 1 is 1.21 bits per heavy atom. The molecule has 1 N–H and O–H groups in total. The third-order valence-electron chi connectivity index (χ3n) is 2.21. The molecule has 0 spiro atoms. The first-order chi connectivity index (χ1) is 6.95. The predicted octanol–water partition coefficient (Wildman–Crippen LogP) is 2.85. The quantitative estimate of drug-likeness (QED) is 0.771. The molecule has 0 radical (unpaired) electrons. The Labute approximate surface area is 84.4 Å². The van der Waals surface area contributed by atoms with Crippen LogP contribution in [0.2, 0.25) is 0 Å². The molecule has 0 bridgehead atoms. The molecule has 0 saturated carbocycles. The number of benzene rings is 1. The summed E-state index contributed by atoms with van der Waals surface area (Å²) in [6, 6.07) is 10.1. The van der Waals surface area contributed by atoms with Crippen LogP contribution in [-0.4, -0.2) is 12.3 Å². The number of nitrogens with zero attached hydrogens (tertiary/aromatic N) is 1. The highest BCUT2D eigenvalue weighted by molar-refractivity contribution is 5.96. The van der Waals surface area contributed by atoms with Crippen LogP contribution in [-0.2, 0) is 0 Å². The van der Waals surface area contributed by atoms with Gasteiger partial charge in [0.1, 0.15) is 0 Å². The topological polar surface area (TPSA) is 24.4 Å². The number of hydrogen-bond acceptors (Lipinski definition) is 2. The first-order valence-electron chi connectivity index (χ1n) is 4.96. The molecule has 2 heteroatoms. The van der Waals surface area contributed by atoms with E-state index in [1.165, 1.54) is 12.1 Å². The van der Waals surface area contributed by atoms with Crippen molar-refractivity contribution in [3.63, 3.8) is 0 Å². The summed E-state index contributed by atoms with van der Waals surface area (Å²) in [6.45, 7) is 0.991. The van der Waals surface area contributed by atoms with Gasteiger partial charge in [0.2, 0.25) is 0 Å². The zero-order chi connectivity index (χ0) is 9.64. The van der Waals surface area contributed by atoms with Crippen LogP contribution in [0.4, 0.5) is 5.69 Å². The molecule has 1 aliphatic heterocycles. The van der Waals surface area contributed by atoms with Gasteiger partial charge in [-0.05, 0) is 31.1 Å². The summed E-state index contributed by atoms with van der Waals surface area (Å²) in [6.07, 6.45) is 6.33. The summed E-state index contributed by atoms with van der Waals surface area (Å²) in [7, 11) is 0. The first kappa shape index (κ1) is 9.00. The molecule has 0 aliphatic carbocycles. The Morgan fingerprint density at radius 2 is 2.07 bits per heavy atom. The van der Waals surface area contributed by atoms with Crippen molar-refractivity contribution in [3.8, 4) is 0 Å². The van der Waals surface area contributed by atoms with Crippen LogP contribution in [0.25, 0.3) is 0 Å². The van der Waals surface area contributed by atoms with Gasteiger partial charge in [0.05, 0.1) is 0 Å². The van der Waals surface area contributed by atoms with E-state index in [-0.39, 0.29) is 0 Å². The third kappa shape index (κ3) is 2.46. The summed E-state index contributed by atoms with van der Waals surface area (Å²) < 4.78 is 0. The Morgan fingerprint density at radius 3 is 2.79 bits per heavy atom. The van der Waals surface area contributed by atoms with Crippen LogP contribution in [0.3, 0.4) is 0 Å². The van der Waals surface area contributed by atoms with Crippen molar-refractivity contribution >= 4 is 11.4 Å². The zero-order valence-corrected chi connectivity index (χ0v) is 8.11. The smallest absolute Gasteiger partial charge is 0.0396 e. The molecule has 1 aromatic carbocycles. The van der Waals surface area contributed by atoms with E-state index in [1.54, 1.807) is 0 Å². The molecule has 0 saturated heterocycles. The molecule has 1 aromatic rings. The second-order valence-electron chi connectivity index (χ2n) is 3.32. The standard InChI is InChI=1S/C12H14N2/c1-2-5-11(6-3-1)14-10-8-12-7-4-9-13-12/h1-3,5-6,8,10,14H,4,7,9H2/b10-8+. The maximum atomic E-state index is 4.36. The average molecular weight is 186 g/mol. The van der Waals surface area contributed by atoms with Crippen molar-refractivity contribution in [2.75, 3.05) is 11.9 Å². The molecule has 0 atom stereocenters. The van der Waals surface area contributed by atoms with Crippen molar-refractivity contribution in [2.24, 2.45) is 4.99 Å². The molecule has 0 amide bonds. The first-order valence-corrected chi connectivity index (χ1v) is 4.96. The van der Waals surface area contributed by atoms with Crippen molar-refractivity contribution in [3.05, 3.63) is 42.6 Å². The second-order valence-corrected chi connectivity index (χ2v) is 3.32. The average Bonchev–Trinajstić information content (AvgIpc) is 2.72. The lowest BCUT2D eigenvalue weighted by Gasteiger charge is -1.98. The van der Waals surface area contributed by atoms with Crippen LogP contribution in [0.5, 0.6) is 0 Å². The molecule has 1 aliphatic rings. The molecule has 2 rings (SSSR count). The van der Waals surface area contributed by atoms with E-state index >= 15 is 0 Å². The lowest BCUT2D eigenvalue weighted by Crippen LogP contribution is -1.90. The van der Waals surface area contributed by atoms with E-state index in [4.69, 9.17) is 0 Å². The fraction of sp³-hybridized carbons (Fsp3) is 0.250. The van der Waals surface area contributed by atoms with Crippen LogP contribution >= 0.6 is 0 Å². The maximum absolute atomic E-state index is 4.36. The van der Waals surface area contributed by atoms with Gasteiger partial charge in [0.25, 0.3) is 0 Å². The largest absolute Gasteiger partial charge is 0.362 e. The second kappa shape index (κ2) is 4.61. The number of rotatable bonds is 3. The van der Waals surface area contributed by atoms with Gasteiger partial charge in [0.15, 0.2) is 0 Å². The van der Waals surface area contributed by atoms with Gasteiger partial charge >= 0.3 is 0 Å². The fourth-order valence-electron chi connectivity index (χ4n) is 1.47. The minimum absolute atomic E-state index is 0.991. The predicted molar refractivity (Wildman–Crippen MR) is 60.7 cm³/mol. The highest BCUT2D eigenvalue weighted by atomic mass is 14.8. The van der Waals surface area contributed by atoms with Gasteiger partial charge < -0.3 is 5.32 Å². The summed E-state index contributed by atoms with van der Waals surface area (Å²) in [5.74, 6) is 0. The van der Waals surface area contributed by atoms with E-state index in [2.05, 4.69) is 16.4 Å². The highest BCUT2D eigenvalue weighted by Gasteiger charge is 2.00. The normalized spacial score (nSPS) is 15.9. The van der Waals surface area contributed by atoms with E-state index in [0.29, 0.717) is 0 Å². The van der Waals surface area contributed by atoms with Crippen LogP contribution < -0.4 is 5.32 Å². The van der Waals surface area contributed by atoms with Gasteiger partial charge in [-0.1, -0.05) is 18.2 Å². The zero-order valence-electron chi connectivity index (χ0n) is 8.11.